The lowest BCUT2D eigenvalue weighted by Crippen LogP contribution is -2.48. The van der Waals surface area contributed by atoms with E-state index in [9.17, 15) is 4.79 Å². The van der Waals surface area contributed by atoms with Gasteiger partial charge in [-0.1, -0.05) is 42.5 Å². The lowest BCUT2D eigenvalue weighted by Gasteiger charge is -2.35. The van der Waals surface area contributed by atoms with Gasteiger partial charge in [-0.3, -0.25) is 9.69 Å². The van der Waals surface area contributed by atoms with Gasteiger partial charge in [-0.05, 0) is 41.5 Å². The summed E-state index contributed by atoms with van der Waals surface area (Å²) in [6, 6.07) is 21.7. The molecule has 1 aromatic heterocycles. The zero-order valence-electron chi connectivity index (χ0n) is 21.2. The molecule has 0 aliphatic carbocycles. The van der Waals surface area contributed by atoms with Gasteiger partial charge < -0.3 is 14.2 Å². The van der Waals surface area contributed by atoms with Gasteiger partial charge >= 0.3 is 0 Å². The van der Waals surface area contributed by atoms with E-state index in [0.29, 0.717) is 43.1 Å². The zero-order valence-corrected chi connectivity index (χ0v) is 22.9. The summed E-state index contributed by atoms with van der Waals surface area (Å²) in [5, 5.41) is 11.0. The number of fused-ring (bicyclic) bond motifs is 1. The molecule has 0 unspecified atom stereocenters. The van der Waals surface area contributed by atoms with Crippen LogP contribution in [0.2, 0.25) is 0 Å². The van der Waals surface area contributed by atoms with Crippen LogP contribution in [0.25, 0.3) is 10.8 Å². The molecule has 0 bridgehead atoms. The van der Waals surface area contributed by atoms with Crippen LogP contribution >= 0.6 is 24.8 Å². The predicted molar refractivity (Wildman–Crippen MR) is 153 cm³/mol. The molecule has 198 valence electrons. The monoisotopic (exact) mass is 551 g/mol. The van der Waals surface area contributed by atoms with Crippen LogP contribution < -0.4 is 4.74 Å². The Kier molecular flexibility index (Phi) is 10.1. The normalized spacial score (nSPS) is 13.3. The van der Waals surface area contributed by atoms with Gasteiger partial charge in [0.2, 0.25) is 0 Å². The molecule has 0 radical (unpaired) electrons. The Morgan fingerprint density at radius 1 is 0.974 bits per heavy atom. The summed E-state index contributed by atoms with van der Waals surface area (Å²) in [6.07, 6.45) is 3.76. The molecular formula is C29H31Cl2N5O2. The molecule has 38 heavy (non-hydrogen) atoms. The number of imidazole rings is 1. The SMILES string of the molecule is CCOc1ccc2ccccc2c1C(=O)N1CCN(Cc2cncn2Cc2ccc(C#N)cc2)CC1.Cl.Cl. The lowest BCUT2D eigenvalue weighted by atomic mass is 10.0. The van der Waals surface area contributed by atoms with E-state index in [-0.39, 0.29) is 30.7 Å². The third-order valence-electron chi connectivity index (χ3n) is 6.68. The van der Waals surface area contributed by atoms with E-state index >= 15 is 0 Å². The highest BCUT2D eigenvalue weighted by Crippen LogP contribution is 2.30. The van der Waals surface area contributed by atoms with Gasteiger partial charge in [0.15, 0.2) is 0 Å². The average Bonchev–Trinajstić information content (AvgIpc) is 3.35. The van der Waals surface area contributed by atoms with E-state index in [0.717, 1.165) is 41.7 Å². The molecule has 1 amide bonds. The molecule has 1 aliphatic rings. The molecule has 0 N–H and O–H groups in total. The number of piperazine rings is 1. The zero-order chi connectivity index (χ0) is 24.9. The summed E-state index contributed by atoms with van der Waals surface area (Å²) >= 11 is 0. The van der Waals surface area contributed by atoms with Gasteiger partial charge in [0, 0.05) is 45.5 Å². The van der Waals surface area contributed by atoms with Crippen molar-refractivity contribution in [1.82, 2.24) is 19.4 Å². The van der Waals surface area contributed by atoms with Crippen LogP contribution in [-0.2, 0) is 13.1 Å². The number of carbonyl (C=O) groups is 1. The van der Waals surface area contributed by atoms with Gasteiger partial charge in [0.1, 0.15) is 5.75 Å². The standard InChI is InChI=1S/C29H29N5O2.2ClH/c1-2-36-27-12-11-24-5-3-4-6-26(24)28(27)29(35)33-15-13-32(14-16-33)20-25-18-31-21-34(25)19-23-9-7-22(17-30)8-10-23;;/h3-12,18,21H,2,13-16,19-20H2,1H3;2*1H. The quantitative estimate of drug-likeness (QED) is 0.317. The molecule has 1 fully saturated rings. The Morgan fingerprint density at radius 2 is 1.71 bits per heavy atom. The summed E-state index contributed by atoms with van der Waals surface area (Å²) in [5.41, 5.74) is 3.58. The van der Waals surface area contributed by atoms with Crippen molar-refractivity contribution in [3.8, 4) is 11.8 Å². The fourth-order valence-electron chi connectivity index (χ4n) is 4.75. The minimum Gasteiger partial charge on any atom is -0.493 e. The number of amides is 1. The maximum absolute atomic E-state index is 13.6. The van der Waals surface area contributed by atoms with Crippen LogP contribution in [0.5, 0.6) is 5.75 Å². The van der Waals surface area contributed by atoms with Gasteiger partial charge in [-0.2, -0.15) is 5.26 Å². The second-order valence-corrected chi connectivity index (χ2v) is 8.98. The van der Waals surface area contributed by atoms with E-state index in [1.165, 1.54) is 0 Å². The van der Waals surface area contributed by atoms with Crippen molar-refractivity contribution in [2.75, 3.05) is 32.8 Å². The number of carbonyl (C=O) groups excluding carboxylic acids is 1. The Bertz CT molecular complexity index is 1410. The second kappa shape index (κ2) is 13.3. The Hall–Kier alpha value is -3.57. The Labute approximate surface area is 235 Å². The summed E-state index contributed by atoms with van der Waals surface area (Å²) in [7, 11) is 0. The fourth-order valence-corrected chi connectivity index (χ4v) is 4.75. The number of ether oxygens (including phenoxy) is 1. The number of aromatic nitrogens is 2. The third kappa shape index (κ3) is 6.28. The van der Waals surface area contributed by atoms with Crippen molar-refractivity contribution < 1.29 is 9.53 Å². The molecule has 9 heteroatoms. The Morgan fingerprint density at radius 3 is 2.42 bits per heavy atom. The summed E-state index contributed by atoms with van der Waals surface area (Å²) in [5.74, 6) is 0.677. The third-order valence-corrected chi connectivity index (χ3v) is 6.68. The van der Waals surface area contributed by atoms with Crippen molar-refractivity contribution in [3.63, 3.8) is 0 Å². The maximum Gasteiger partial charge on any atom is 0.258 e. The number of rotatable bonds is 7. The molecule has 1 aliphatic heterocycles. The molecule has 1 saturated heterocycles. The van der Waals surface area contributed by atoms with Crippen molar-refractivity contribution in [2.24, 2.45) is 0 Å². The molecule has 3 aromatic carbocycles. The highest BCUT2D eigenvalue weighted by atomic mass is 35.5. The summed E-state index contributed by atoms with van der Waals surface area (Å²) in [4.78, 5) is 22.3. The van der Waals surface area contributed by atoms with E-state index in [2.05, 4.69) is 20.5 Å². The van der Waals surface area contributed by atoms with Crippen LogP contribution in [-0.4, -0.2) is 58.0 Å². The summed E-state index contributed by atoms with van der Waals surface area (Å²) in [6.45, 7) is 6.86. The molecule has 0 spiro atoms. The molecular weight excluding hydrogens is 521 g/mol. The molecule has 4 aromatic rings. The lowest BCUT2D eigenvalue weighted by molar-refractivity contribution is 0.0624. The van der Waals surface area contributed by atoms with Gasteiger partial charge in [0.05, 0.1) is 35.8 Å². The van der Waals surface area contributed by atoms with Gasteiger partial charge in [0.25, 0.3) is 5.91 Å². The van der Waals surface area contributed by atoms with Crippen LogP contribution in [0.4, 0.5) is 0 Å². The summed E-state index contributed by atoms with van der Waals surface area (Å²) < 4.78 is 7.98. The Balaban J connectivity index is 0.00000200. The molecule has 7 nitrogen and oxygen atoms in total. The van der Waals surface area contributed by atoms with E-state index in [1.807, 2.05) is 85.0 Å². The van der Waals surface area contributed by atoms with E-state index in [4.69, 9.17) is 10.00 Å². The topological polar surface area (TPSA) is 74.4 Å². The number of nitrogens with zero attached hydrogens (tertiary/aromatic N) is 5. The minimum absolute atomic E-state index is 0. The highest BCUT2D eigenvalue weighted by molar-refractivity contribution is 6.09. The van der Waals surface area contributed by atoms with Crippen LogP contribution in [0.1, 0.15) is 34.1 Å². The molecule has 0 saturated carbocycles. The van der Waals surface area contributed by atoms with Gasteiger partial charge in [-0.15, -0.1) is 24.8 Å². The first-order chi connectivity index (χ1) is 17.7. The molecule has 5 rings (SSSR count). The van der Waals surface area contributed by atoms with Gasteiger partial charge in [-0.25, -0.2) is 4.98 Å². The largest absolute Gasteiger partial charge is 0.493 e. The first-order valence-electron chi connectivity index (χ1n) is 12.3. The number of nitriles is 1. The second-order valence-electron chi connectivity index (χ2n) is 8.98. The first kappa shape index (κ1) is 29.0. The van der Waals surface area contributed by atoms with Crippen molar-refractivity contribution in [2.45, 2.75) is 20.0 Å². The maximum atomic E-state index is 13.6. The fraction of sp³-hybridized carbons (Fsp3) is 0.276. The molecule has 0 atom stereocenters. The van der Waals surface area contributed by atoms with Crippen molar-refractivity contribution >= 4 is 41.5 Å². The van der Waals surface area contributed by atoms with E-state index in [1.54, 1.807) is 0 Å². The smallest absolute Gasteiger partial charge is 0.258 e. The highest BCUT2D eigenvalue weighted by Gasteiger charge is 2.26. The number of benzene rings is 3. The average molecular weight is 553 g/mol. The first-order valence-corrected chi connectivity index (χ1v) is 12.3. The van der Waals surface area contributed by atoms with Crippen LogP contribution in [0, 0.1) is 11.3 Å². The van der Waals surface area contributed by atoms with E-state index < -0.39 is 0 Å². The van der Waals surface area contributed by atoms with Crippen LogP contribution in [0.15, 0.2) is 73.2 Å². The molecule has 2 heterocycles. The van der Waals surface area contributed by atoms with Crippen LogP contribution in [0.3, 0.4) is 0 Å². The number of hydrogen-bond acceptors (Lipinski definition) is 5. The minimum atomic E-state index is 0. The van der Waals surface area contributed by atoms with Crippen molar-refractivity contribution in [1.29, 1.82) is 5.26 Å². The van der Waals surface area contributed by atoms with Crippen molar-refractivity contribution in [3.05, 3.63) is 95.6 Å². The number of halogens is 2. The predicted octanol–water partition coefficient (Wildman–Crippen LogP) is 5.16. The number of hydrogen-bond donors (Lipinski definition) is 0.